The van der Waals surface area contributed by atoms with Crippen LogP contribution in [0.2, 0.25) is 0 Å². The normalized spacial score (nSPS) is 11.1. The zero-order valence-corrected chi connectivity index (χ0v) is 11.1. The Morgan fingerprint density at radius 3 is 3.10 bits per heavy atom. The number of furan rings is 1. The SMILES string of the molecule is CN=C(NCCn1cnc(C#N)n1)NCc1ccco1. The molecule has 0 radical (unpaired) electrons. The van der Waals surface area contributed by atoms with Gasteiger partial charge in [0.2, 0.25) is 0 Å². The molecule has 0 aliphatic heterocycles. The summed E-state index contributed by atoms with van der Waals surface area (Å²) in [5.74, 6) is 1.68. The number of aliphatic imine (C=N–C) groups is 1. The molecule has 0 saturated heterocycles. The van der Waals surface area contributed by atoms with Gasteiger partial charge in [-0.15, -0.1) is 5.10 Å². The van der Waals surface area contributed by atoms with Crippen molar-refractivity contribution in [1.82, 2.24) is 25.4 Å². The Morgan fingerprint density at radius 1 is 1.55 bits per heavy atom. The average Bonchev–Trinajstić information content (AvgIpc) is 3.13. The number of nitrogens with one attached hydrogen (secondary N) is 2. The summed E-state index contributed by atoms with van der Waals surface area (Å²) in [7, 11) is 1.70. The standard InChI is InChI=1S/C12H15N7O/c1-14-12(16-8-10-3-2-6-20-10)15-4-5-19-9-17-11(7-13)18-19/h2-3,6,9H,4-5,8H2,1H3,(H2,14,15,16). The van der Waals surface area contributed by atoms with Crippen molar-refractivity contribution in [1.29, 1.82) is 5.26 Å². The Kier molecular flexibility index (Phi) is 4.72. The van der Waals surface area contributed by atoms with Crippen LogP contribution in [0.3, 0.4) is 0 Å². The van der Waals surface area contributed by atoms with Gasteiger partial charge < -0.3 is 15.1 Å². The zero-order chi connectivity index (χ0) is 14.2. The molecular weight excluding hydrogens is 258 g/mol. The fourth-order valence-corrected chi connectivity index (χ4v) is 1.55. The van der Waals surface area contributed by atoms with Crippen LogP contribution in [0.4, 0.5) is 0 Å². The summed E-state index contributed by atoms with van der Waals surface area (Å²) in [5.41, 5.74) is 0. The maximum absolute atomic E-state index is 8.62. The maximum Gasteiger partial charge on any atom is 0.252 e. The van der Waals surface area contributed by atoms with Crippen LogP contribution < -0.4 is 10.6 Å². The quantitative estimate of drug-likeness (QED) is 0.592. The second-order valence-corrected chi connectivity index (χ2v) is 3.87. The number of nitriles is 1. The van der Waals surface area contributed by atoms with Crippen LogP contribution in [0.15, 0.2) is 34.1 Å². The number of hydrogen-bond donors (Lipinski definition) is 2. The highest BCUT2D eigenvalue weighted by Gasteiger charge is 2.01. The third-order valence-electron chi connectivity index (χ3n) is 2.50. The molecular formula is C12H15N7O. The van der Waals surface area contributed by atoms with Crippen LogP contribution in [0, 0.1) is 11.3 Å². The largest absolute Gasteiger partial charge is 0.467 e. The Bertz CT molecular complexity index is 594. The molecule has 2 rings (SSSR count). The first kappa shape index (κ1) is 13.6. The molecule has 0 saturated carbocycles. The van der Waals surface area contributed by atoms with Gasteiger partial charge in [-0.3, -0.25) is 4.99 Å². The molecule has 8 heteroatoms. The van der Waals surface area contributed by atoms with E-state index in [-0.39, 0.29) is 5.82 Å². The van der Waals surface area contributed by atoms with E-state index in [1.807, 2.05) is 18.2 Å². The van der Waals surface area contributed by atoms with E-state index in [2.05, 4.69) is 25.7 Å². The predicted molar refractivity (Wildman–Crippen MR) is 71.6 cm³/mol. The number of aromatic nitrogens is 3. The molecule has 0 atom stereocenters. The Balaban J connectivity index is 1.72. The van der Waals surface area contributed by atoms with Gasteiger partial charge in [-0.05, 0) is 12.1 Å². The fourth-order valence-electron chi connectivity index (χ4n) is 1.55. The average molecular weight is 273 g/mol. The monoisotopic (exact) mass is 273 g/mol. The maximum atomic E-state index is 8.62. The smallest absolute Gasteiger partial charge is 0.252 e. The summed E-state index contributed by atoms with van der Waals surface area (Å²) < 4.78 is 6.82. The molecule has 20 heavy (non-hydrogen) atoms. The number of guanidine groups is 1. The highest BCUT2D eigenvalue weighted by atomic mass is 16.3. The lowest BCUT2D eigenvalue weighted by Crippen LogP contribution is -2.38. The molecule has 0 amide bonds. The van der Waals surface area contributed by atoms with E-state index in [9.17, 15) is 0 Å². The first-order chi connectivity index (χ1) is 9.81. The summed E-state index contributed by atoms with van der Waals surface area (Å²) in [4.78, 5) is 7.92. The lowest BCUT2D eigenvalue weighted by atomic mass is 10.4. The molecule has 0 aliphatic rings. The van der Waals surface area contributed by atoms with Gasteiger partial charge in [-0.2, -0.15) is 5.26 Å². The molecule has 2 N–H and O–H groups in total. The van der Waals surface area contributed by atoms with Gasteiger partial charge >= 0.3 is 0 Å². The molecule has 2 aromatic rings. The third kappa shape index (κ3) is 3.84. The van der Waals surface area contributed by atoms with Crippen LogP contribution in [0.5, 0.6) is 0 Å². The highest BCUT2D eigenvalue weighted by Crippen LogP contribution is 1.98. The van der Waals surface area contributed by atoms with E-state index in [1.165, 1.54) is 6.33 Å². The van der Waals surface area contributed by atoms with Crippen molar-refractivity contribution >= 4 is 5.96 Å². The zero-order valence-electron chi connectivity index (χ0n) is 11.1. The van der Waals surface area contributed by atoms with Crippen LogP contribution in [-0.4, -0.2) is 34.3 Å². The minimum absolute atomic E-state index is 0.172. The molecule has 0 spiro atoms. The van der Waals surface area contributed by atoms with Crippen LogP contribution in [0.25, 0.3) is 0 Å². The van der Waals surface area contributed by atoms with Gasteiger partial charge in [0.15, 0.2) is 5.96 Å². The van der Waals surface area contributed by atoms with Crippen molar-refractivity contribution in [3.05, 3.63) is 36.3 Å². The first-order valence-corrected chi connectivity index (χ1v) is 6.08. The lowest BCUT2D eigenvalue weighted by molar-refractivity contribution is 0.500. The van der Waals surface area contributed by atoms with E-state index < -0.39 is 0 Å². The molecule has 104 valence electrons. The summed E-state index contributed by atoms with van der Waals surface area (Å²) in [6.45, 7) is 1.77. The minimum Gasteiger partial charge on any atom is -0.467 e. The summed E-state index contributed by atoms with van der Waals surface area (Å²) in [6, 6.07) is 5.61. The number of hydrogen-bond acceptors (Lipinski definition) is 5. The summed E-state index contributed by atoms with van der Waals surface area (Å²) in [6.07, 6.45) is 3.16. The van der Waals surface area contributed by atoms with Gasteiger partial charge in [0.1, 0.15) is 18.2 Å². The molecule has 2 aromatic heterocycles. The van der Waals surface area contributed by atoms with E-state index in [4.69, 9.17) is 9.68 Å². The van der Waals surface area contributed by atoms with Crippen molar-refractivity contribution in [2.45, 2.75) is 13.1 Å². The molecule has 0 unspecified atom stereocenters. The first-order valence-electron chi connectivity index (χ1n) is 6.08. The van der Waals surface area contributed by atoms with Gasteiger partial charge in [0, 0.05) is 13.6 Å². The van der Waals surface area contributed by atoms with Crippen molar-refractivity contribution in [2.75, 3.05) is 13.6 Å². The molecule has 8 nitrogen and oxygen atoms in total. The van der Waals surface area contributed by atoms with E-state index in [1.54, 1.807) is 18.0 Å². The summed E-state index contributed by atoms with van der Waals surface area (Å²) >= 11 is 0. The Hall–Kier alpha value is -2.82. The molecule has 2 heterocycles. The molecule has 0 fully saturated rings. The molecule has 0 aliphatic carbocycles. The molecule has 0 bridgehead atoms. The Labute approximate surface area is 116 Å². The highest BCUT2D eigenvalue weighted by molar-refractivity contribution is 5.79. The molecule has 0 aromatic carbocycles. The van der Waals surface area contributed by atoms with E-state index in [0.717, 1.165) is 5.76 Å². The van der Waals surface area contributed by atoms with Gasteiger partial charge in [0.05, 0.1) is 19.4 Å². The van der Waals surface area contributed by atoms with Gasteiger partial charge in [-0.25, -0.2) is 9.67 Å². The third-order valence-corrected chi connectivity index (χ3v) is 2.50. The van der Waals surface area contributed by atoms with Gasteiger partial charge in [-0.1, -0.05) is 0 Å². The van der Waals surface area contributed by atoms with Crippen LogP contribution in [-0.2, 0) is 13.1 Å². The topological polar surface area (TPSA) is 104 Å². The Morgan fingerprint density at radius 2 is 2.45 bits per heavy atom. The van der Waals surface area contributed by atoms with Gasteiger partial charge in [0.25, 0.3) is 5.82 Å². The van der Waals surface area contributed by atoms with Crippen LogP contribution >= 0.6 is 0 Å². The van der Waals surface area contributed by atoms with Crippen molar-refractivity contribution < 1.29 is 4.42 Å². The van der Waals surface area contributed by atoms with Crippen molar-refractivity contribution in [3.63, 3.8) is 0 Å². The van der Waals surface area contributed by atoms with Crippen LogP contribution in [0.1, 0.15) is 11.6 Å². The second kappa shape index (κ2) is 6.94. The van der Waals surface area contributed by atoms with Crippen molar-refractivity contribution in [2.24, 2.45) is 4.99 Å². The lowest BCUT2D eigenvalue weighted by Gasteiger charge is -2.10. The van der Waals surface area contributed by atoms with Crippen molar-refractivity contribution in [3.8, 4) is 6.07 Å². The van der Waals surface area contributed by atoms with E-state index >= 15 is 0 Å². The fraction of sp³-hybridized carbons (Fsp3) is 0.333. The predicted octanol–water partition coefficient (Wildman–Crippen LogP) is 0.108. The number of nitrogens with zero attached hydrogens (tertiary/aromatic N) is 5. The summed E-state index contributed by atoms with van der Waals surface area (Å²) in [5, 5.41) is 18.8. The number of rotatable bonds is 5. The minimum atomic E-state index is 0.172. The second-order valence-electron chi connectivity index (χ2n) is 3.87. The van der Waals surface area contributed by atoms with E-state index in [0.29, 0.717) is 25.6 Å².